The Morgan fingerprint density at radius 2 is 2.14 bits per heavy atom. The van der Waals surface area contributed by atoms with Crippen LogP contribution in [0.4, 0.5) is 5.69 Å². The van der Waals surface area contributed by atoms with Crippen LogP contribution in [-0.4, -0.2) is 22.0 Å². The number of unbranched alkanes of at least 4 members (excludes halogenated alkanes) is 1. The number of amides is 1. The molecule has 22 heavy (non-hydrogen) atoms. The van der Waals surface area contributed by atoms with Crippen LogP contribution in [0.1, 0.15) is 19.8 Å². The van der Waals surface area contributed by atoms with Crippen molar-refractivity contribution in [2.75, 3.05) is 11.9 Å². The van der Waals surface area contributed by atoms with E-state index in [-0.39, 0.29) is 37.3 Å². The van der Waals surface area contributed by atoms with Gasteiger partial charge in [0.25, 0.3) is 0 Å². The summed E-state index contributed by atoms with van der Waals surface area (Å²) in [6.45, 7) is 3.10. The van der Waals surface area contributed by atoms with Crippen LogP contribution in [0.3, 0.4) is 0 Å². The first-order valence-corrected chi connectivity index (χ1v) is 6.86. The molecule has 2 aromatic rings. The second-order valence-electron chi connectivity index (χ2n) is 4.63. The molecule has 0 saturated carbocycles. The summed E-state index contributed by atoms with van der Waals surface area (Å²) in [5.74, 6) is 0.721. The molecule has 0 bridgehead atoms. The minimum absolute atomic E-state index is 0. The Kier molecular flexibility index (Phi) is 9.49. The lowest BCUT2D eigenvalue weighted by atomic mass is 10.2. The maximum atomic E-state index is 11.3. The molecule has 1 heterocycles. The highest BCUT2D eigenvalue weighted by atomic mass is 35.5. The third-order valence-electron chi connectivity index (χ3n) is 3.06. The predicted molar refractivity (Wildman–Crippen MR) is 94.8 cm³/mol. The molecule has 122 valence electrons. The van der Waals surface area contributed by atoms with Gasteiger partial charge in [0.15, 0.2) is 0 Å². The minimum Gasteiger partial charge on any atom is -0.331 e. The molecule has 3 N–H and O–H groups in total. The average Bonchev–Trinajstić information content (AvgIpc) is 2.93. The summed E-state index contributed by atoms with van der Waals surface area (Å²) >= 11 is 0. The van der Waals surface area contributed by atoms with Crippen molar-refractivity contribution in [1.82, 2.24) is 9.55 Å². The van der Waals surface area contributed by atoms with Crippen LogP contribution in [-0.2, 0) is 11.3 Å². The molecule has 0 aliphatic rings. The van der Waals surface area contributed by atoms with Crippen molar-refractivity contribution in [2.24, 2.45) is 5.73 Å². The van der Waals surface area contributed by atoms with E-state index in [4.69, 9.17) is 5.73 Å². The molecule has 0 radical (unpaired) electrons. The molecule has 1 amide bonds. The number of imidazole rings is 1. The van der Waals surface area contributed by atoms with Crippen molar-refractivity contribution >= 4 is 36.4 Å². The Bertz CT molecular complexity index is 586. The number of halogens is 2. The first kappa shape index (κ1) is 20.4. The average molecular weight is 345 g/mol. The highest BCUT2D eigenvalue weighted by Gasteiger charge is 2.07. The molecule has 0 aliphatic carbocycles. The summed E-state index contributed by atoms with van der Waals surface area (Å²) < 4.78 is 2.13. The van der Waals surface area contributed by atoms with Gasteiger partial charge in [-0.15, -0.1) is 24.8 Å². The quantitative estimate of drug-likeness (QED) is 0.845. The fourth-order valence-electron chi connectivity index (χ4n) is 2.03. The maximum Gasteiger partial charge on any atom is 0.238 e. The van der Waals surface area contributed by atoms with Crippen LogP contribution in [0.25, 0.3) is 11.4 Å². The first-order chi connectivity index (χ1) is 9.74. The van der Waals surface area contributed by atoms with E-state index in [0.29, 0.717) is 0 Å². The minimum atomic E-state index is -0.198. The summed E-state index contributed by atoms with van der Waals surface area (Å²) in [6, 6.07) is 7.65. The van der Waals surface area contributed by atoms with Gasteiger partial charge in [-0.1, -0.05) is 25.5 Å². The van der Waals surface area contributed by atoms with Gasteiger partial charge in [0, 0.05) is 30.2 Å². The fraction of sp³-hybridized carbons (Fsp3) is 0.333. The highest BCUT2D eigenvalue weighted by Crippen LogP contribution is 2.21. The van der Waals surface area contributed by atoms with Crippen LogP contribution >= 0.6 is 24.8 Å². The van der Waals surface area contributed by atoms with Crippen molar-refractivity contribution in [1.29, 1.82) is 0 Å². The zero-order valence-corrected chi connectivity index (χ0v) is 14.1. The van der Waals surface area contributed by atoms with E-state index in [1.807, 2.05) is 30.5 Å². The largest absolute Gasteiger partial charge is 0.331 e. The van der Waals surface area contributed by atoms with Gasteiger partial charge >= 0.3 is 0 Å². The monoisotopic (exact) mass is 344 g/mol. The standard InChI is InChI=1S/C15H20N4O.2ClH/c1-2-3-8-19-9-7-17-15(19)12-5-4-6-13(10-12)18-14(20)11-16;;/h4-7,9-10H,2-3,8,11,16H2,1H3,(H,18,20);2*1H. The molecular formula is C15H22Cl2N4O. The Morgan fingerprint density at radius 1 is 1.36 bits per heavy atom. The number of nitrogens with one attached hydrogen (secondary N) is 1. The molecule has 0 atom stereocenters. The second kappa shape index (κ2) is 10.2. The summed E-state index contributed by atoms with van der Waals surface area (Å²) in [4.78, 5) is 15.7. The molecule has 0 aliphatic heterocycles. The van der Waals surface area contributed by atoms with Gasteiger partial charge in [0.1, 0.15) is 5.82 Å². The van der Waals surface area contributed by atoms with E-state index in [1.54, 1.807) is 6.20 Å². The molecule has 7 heteroatoms. The van der Waals surface area contributed by atoms with Crippen LogP contribution in [0.5, 0.6) is 0 Å². The lowest BCUT2D eigenvalue weighted by molar-refractivity contribution is -0.114. The maximum absolute atomic E-state index is 11.3. The summed E-state index contributed by atoms with van der Waals surface area (Å²) in [5, 5.41) is 2.76. The molecule has 0 fully saturated rings. The Hall–Kier alpha value is -1.56. The lowest BCUT2D eigenvalue weighted by Gasteiger charge is -2.09. The van der Waals surface area contributed by atoms with Gasteiger partial charge in [-0.05, 0) is 18.6 Å². The molecule has 1 aromatic carbocycles. The molecule has 0 spiro atoms. The smallest absolute Gasteiger partial charge is 0.238 e. The lowest BCUT2D eigenvalue weighted by Crippen LogP contribution is -2.21. The van der Waals surface area contributed by atoms with E-state index in [1.165, 1.54) is 0 Å². The van der Waals surface area contributed by atoms with E-state index in [2.05, 4.69) is 21.8 Å². The van der Waals surface area contributed by atoms with Crippen LogP contribution < -0.4 is 11.1 Å². The van der Waals surface area contributed by atoms with Gasteiger partial charge in [-0.3, -0.25) is 4.79 Å². The van der Waals surface area contributed by atoms with Crippen LogP contribution in [0.2, 0.25) is 0 Å². The van der Waals surface area contributed by atoms with Crippen LogP contribution in [0.15, 0.2) is 36.7 Å². The molecular weight excluding hydrogens is 323 g/mol. The molecule has 1 aromatic heterocycles. The SMILES string of the molecule is CCCCn1ccnc1-c1cccc(NC(=O)CN)c1.Cl.Cl. The van der Waals surface area contributed by atoms with Crippen molar-refractivity contribution in [3.63, 3.8) is 0 Å². The van der Waals surface area contributed by atoms with Gasteiger partial charge in [-0.2, -0.15) is 0 Å². The van der Waals surface area contributed by atoms with E-state index in [9.17, 15) is 4.79 Å². The van der Waals surface area contributed by atoms with Crippen molar-refractivity contribution in [2.45, 2.75) is 26.3 Å². The number of hydrogen-bond acceptors (Lipinski definition) is 3. The number of hydrogen-bond donors (Lipinski definition) is 2. The van der Waals surface area contributed by atoms with E-state index < -0.39 is 0 Å². The van der Waals surface area contributed by atoms with Gasteiger partial charge in [0.05, 0.1) is 6.54 Å². The molecule has 0 saturated heterocycles. The summed E-state index contributed by atoms with van der Waals surface area (Å²) in [5.41, 5.74) is 7.03. The fourth-order valence-corrected chi connectivity index (χ4v) is 2.03. The number of anilines is 1. The molecule has 0 unspecified atom stereocenters. The first-order valence-electron chi connectivity index (χ1n) is 6.86. The number of nitrogens with zero attached hydrogens (tertiary/aromatic N) is 2. The van der Waals surface area contributed by atoms with E-state index >= 15 is 0 Å². The van der Waals surface area contributed by atoms with Gasteiger partial charge < -0.3 is 15.6 Å². The molecule has 2 rings (SSSR count). The zero-order valence-electron chi connectivity index (χ0n) is 12.5. The van der Waals surface area contributed by atoms with Crippen molar-refractivity contribution < 1.29 is 4.79 Å². The summed E-state index contributed by atoms with van der Waals surface area (Å²) in [6.07, 6.45) is 6.05. The number of aryl methyl sites for hydroxylation is 1. The number of benzene rings is 1. The third kappa shape index (κ3) is 5.33. The number of rotatable bonds is 6. The number of carbonyl (C=O) groups excluding carboxylic acids is 1. The van der Waals surface area contributed by atoms with Crippen LogP contribution in [0, 0.1) is 0 Å². The van der Waals surface area contributed by atoms with Gasteiger partial charge in [-0.25, -0.2) is 4.98 Å². The van der Waals surface area contributed by atoms with E-state index in [0.717, 1.165) is 36.5 Å². The normalized spacial score (nSPS) is 9.55. The van der Waals surface area contributed by atoms with Crippen molar-refractivity contribution in [3.8, 4) is 11.4 Å². The van der Waals surface area contributed by atoms with Crippen molar-refractivity contribution in [3.05, 3.63) is 36.7 Å². The topological polar surface area (TPSA) is 72.9 Å². The second-order valence-corrected chi connectivity index (χ2v) is 4.63. The zero-order chi connectivity index (χ0) is 14.4. The highest BCUT2D eigenvalue weighted by molar-refractivity contribution is 5.92. The Morgan fingerprint density at radius 3 is 2.82 bits per heavy atom. The third-order valence-corrected chi connectivity index (χ3v) is 3.06. The number of carbonyl (C=O) groups is 1. The van der Waals surface area contributed by atoms with Gasteiger partial charge in [0.2, 0.25) is 5.91 Å². The summed E-state index contributed by atoms with van der Waals surface area (Å²) in [7, 11) is 0. The predicted octanol–water partition coefficient (Wildman–Crippen LogP) is 3.09. The molecule has 5 nitrogen and oxygen atoms in total. The Balaban J connectivity index is 0.00000220. The number of aromatic nitrogens is 2. The number of nitrogens with two attached hydrogens (primary N) is 1. The Labute approximate surface area is 143 Å².